The summed E-state index contributed by atoms with van der Waals surface area (Å²) in [6.45, 7) is 2.98. The van der Waals surface area contributed by atoms with Crippen LogP contribution < -0.4 is 10.1 Å². The summed E-state index contributed by atoms with van der Waals surface area (Å²) in [4.78, 5) is 4.09. The van der Waals surface area contributed by atoms with Gasteiger partial charge < -0.3 is 10.1 Å². The van der Waals surface area contributed by atoms with Crippen LogP contribution in [0.3, 0.4) is 0 Å². The number of hydrogen-bond donors (Lipinski definition) is 1. The molecule has 0 saturated carbocycles. The molecule has 18 heavy (non-hydrogen) atoms. The number of rotatable bonds is 5. The van der Waals surface area contributed by atoms with Crippen molar-refractivity contribution in [3.05, 3.63) is 23.9 Å². The van der Waals surface area contributed by atoms with E-state index >= 15 is 0 Å². The third kappa shape index (κ3) is 4.01. The number of piperidine rings is 1. The molecule has 0 spiro atoms. The molecular formula is C14H19N3O. The fourth-order valence-electron chi connectivity index (χ4n) is 2.28. The van der Waals surface area contributed by atoms with Gasteiger partial charge in [0.15, 0.2) is 0 Å². The monoisotopic (exact) mass is 245 g/mol. The van der Waals surface area contributed by atoms with Crippen LogP contribution in [-0.4, -0.2) is 24.7 Å². The Balaban J connectivity index is 1.67. The Bertz CT molecular complexity index is 408. The van der Waals surface area contributed by atoms with E-state index in [9.17, 15) is 0 Å². The van der Waals surface area contributed by atoms with E-state index in [1.165, 1.54) is 19.3 Å². The molecule has 1 atom stereocenters. The summed E-state index contributed by atoms with van der Waals surface area (Å²) >= 11 is 0. The minimum Gasteiger partial charge on any atom is -0.478 e. The van der Waals surface area contributed by atoms with Gasteiger partial charge in [-0.05, 0) is 50.8 Å². The summed E-state index contributed by atoms with van der Waals surface area (Å²) in [5, 5.41) is 12.2. The first-order chi connectivity index (χ1) is 8.88. The van der Waals surface area contributed by atoms with E-state index in [-0.39, 0.29) is 0 Å². The molecule has 4 nitrogen and oxygen atoms in total. The molecule has 1 aliphatic heterocycles. The van der Waals surface area contributed by atoms with Crippen LogP contribution in [0.5, 0.6) is 5.88 Å². The Kier molecular flexibility index (Phi) is 4.98. The lowest BCUT2D eigenvalue weighted by atomic mass is 9.95. The van der Waals surface area contributed by atoms with Gasteiger partial charge in [0.25, 0.3) is 0 Å². The van der Waals surface area contributed by atoms with Crippen LogP contribution in [0.2, 0.25) is 0 Å². The van der Waals surface area contributed by atoms with Crippen molar-refractivity contribution < 1.29 is 4.74 Å². The predicted molar refractivity (Wildman–Crippen MR) is 69.3 cm³/mol. The van der Waals surface area contributed by atoms with Gasteiger partial charge in [0.05, 0.1) is 18.2 Å². The zero-order valence-corrected chi connectivity index (χ0v) is 10.6. The number of nitrogens with zero attached hydrogens (tertiary/aromatic N) is 2. The van der Waals surface area contributed by atoms with Gasteiger partial charge in [-0.2, -0.15) is 5.26 Å². The summed E-state index contributed by atoms with van der Waals surface area (Å²) in [5.41, 5.74) is 0.594. The van der Waals surface area contributed by atoms with Crippen molar-refractivity contribution in [3.63, 3.8) is 0 Å². The van der Waals surface area contributed by atoms with Crippen molar-refractivity contribution in [3.8, 4) is 11.9 Å². The molecule has 2 heterocycles. The lowest BCUT2D eigenvalue weighted by Gasteiger charge is -2.22. The summed E-state index contributed by atoms with van der Waals surface area (Å²) in [7, 11) is 0. The summed E-state index contributed by atoms with van der Waals surface area (Å²) in [5.74, 6) is 1.34. The number of ether oxygens (including phenoxy) is 1. The molecule has 1 N–H and O–H groups in total. The average Bonchev–Trinajstić information content (AvgIpc) is 2.45. The maximum atomic E-state index is 8.76. The van der Waals surface area contributed by atoms with Crippen molar-refractivity contribution in [1.29, 1.82) is 5.26 Å². The van der Waals surface area contributed by atoms with Gasteiger partial charge in [-0.3, -0.25) is 0 Å². The molecule has 1 aromatic heterocycles. The molecule has 0 aliphatic carbocycles. The number of pyridine rings is 1. The Hall–Kier alpha value is -1.60. The van der Waals surface area contributed by atoms with Gasteiger partial charge in [-0.25, -0.2) is 4.98 Å². The Morgan fingerprint density at radius 3 is 3.28 bits per heavy atom. The fraction of sp³-hybridized carbons (Fsp3) is 0.571. The Morgan fingerprint density at radius 1 is 1.56 bits per heavy atom. The van der Waals surface area contributed by atoms with Crippen LogP contribution in [0.25, 0.3) is 0 Å². The summed E-state index contributed by atoms with van der Waals surface area (Å²) in [6.07, 6.45) is 6.47. The fourth-order valence-corrected chi connectivity index (χ4v) is 2.28. The predicted octanol–water partition coefficient (Wildman–Crippen LogP) is 2.11. The second-order valence-corrected chi connectivity index (χ2v) is 4.70. The van der Waals surface area contributed by atoms with Crippen molar-refractivity contribution in [2.45, 2.75) is 25.7 Å². The highest BCUT2D eigenvalue weighted by Gasteiger charge is 2.12. The van der Waals surface area contributed by atoms with Gasteiger partial charge in [0.2, 0.25) is 5.88 Å². The van der Waals surface area contributed by atoms with Gasteiger partial charge in [0, 0.05) is 12.3 Å². The minimum atomic E-state index is 0.552. The Labute approximate surface area is 108 Å². The standard InChI is InChI=1S/C14H19N3O/c15-10-13-5-7-17-14(9-13)18-8-2-4-12-3-1-6-16-11-12/h5,7,9,12,16H,1-4,6,8,11H2. The van der Waals surface area contributed by atoms with Gasteiger partial charge in [-0.15, -0.1) is 0 Å². The topological polar surface area (TPSA) is 57.9 Å². The molecular weight excluding hydrogens is 226 g/mol. The quantitative estimate of drug-likeness (QED) is 0.807. The van der Waals surface area contributed by atoms with E-state index in [2.05, 4.69) is 16.4 Å². The third-order valence-electron chi connectivity index (χ3n) is 3.27. The van der Waals surface area contributed by atoms with Crippen LogP contribution in [0.4, 0.5) is 0 Å². The molecule has 0 amide bonds. The number of hydrogen-bond acceptors (Lipinski definition) is 4. The largest absolute Gasteiger partial charge is 0.478 e. The second kappa shape index (κ2) is 6.97. The highest BCUT2D eigenvalue weighted by Crippen LogP contribution is 2.16. The normalized spacial score (nSPS) is 19.2. The van der Waals surface area contributed by atoms with Crippen LogP contribution in [0.15, 0.2) is 18.3 Å². The smallest absolute Gasteiger partial charge is 0.214 e. The lowest BCUT2D eigenvalue weighted by Crippen LogP contribution is -2.29. The third-order valence-corrected chi connectivity index (χ3v) is 3.27. The molecule has 1 fully saturated rings. The van der Waals surface area contributed by atoms with Crippen LogP contribution >= 0.6 is 0 Å². The molecule has 0 aromatic carbocycles. The van der Waals surface area contributed by atoms with Gasteiger partial charge in [0.1, 0.15) is 0 Å². The van der Waals surface area contributed by atoms with E-state index in [0.717, 1.165) is 25.4 Å². The van der Waals surface area contributed by atoms with Crippen LogP contribution in [0.1, 0.15) is 31.2 Å². The van der Waals surface area contributed by atoms with E-state index in [1.54, 1.807) is 18.3 Å². The summed E-state index contributed by atoms with van der Waals surface area (Å²) < 4.78 is 5.56. The number of nitrogens with one attached hydrogen (secondary N) is 1. The molecule has 96 valence electrons. The first kappa shape index (κ1) is 12.8. The maximum absolute atomic E-state index is 8.76. The zero-order valence-electron chi connectivity index (χ0n) is 10.6. The van der Waals surface area contributed by atoms with E-state index in [0.29, 0.717) is 18.1 Å². The zero-order chi connectivity index (χ0) is 12.6. The maximum Gasteiger partial charge on any atom is 0.214 e. The van der Waals surface area contributed by atoms with E-state index in [4.69, 9.17) is 10.00 Å². The minimum absolute atomic E-state index is 0.552. The molecule has 1 aromatic rings. The van der Waals surface area contributed by atoms with Crippen LogP contribution in [-0.2, 0) is 0 Å². The van der Waals surface area contributed by atoms with E-state index in [1.807, 2.05) is 0 Å². The summed E-state index contributed by atoms with van der Waals surface area (Å²) in [6, 6.07) is 5.45. The first-order valence-corrected chi connectivity index (χ1v) is 6.58. The second-order valence-electron chi connectivity index (χ2n) is 4.70. The average molecular weight is 245 g/mol. The molecule has 4 heteroatoms. The van der Waals surface area contributed by atoms with E-state index < -0.39 is 0 Å². The molecule has 1 saturated heterocycles. The Morgan fingerprint density at radius 2 is 2.50 bits per heavy atom. The highest BCUT2D eigenvalue weighted by molar-refractivity contribution is 5.31. The highest BCUT2D eigenvalue weighted by atomic mass is 16.5. The van der Waals surface area contributed by atoms with Crippen molar-refractivity contribution in [2.24, 2.45) is 5.92 Å². The van der Waals surface area contributed by atoms with Gasteiger partial charge in [-0.1, -0.05) is 0 Å². The SMILES string of the molecule is N#Cc1ccnc(OCCCC2CCCNC2)c1. The van der Waals surface area contributed by atoms with Crippen molar-refractivity contribution in [1.82, 2.24) is 10.3 Å². The molecule has 0 radical (unpaired) electrons. The van der Waals surface area contributed by atoms with Crippen LogP contribution in [0, 0.1) is 17.2 Å². The number of nitriles is 1. The molecule has 1 aliphatic rings. The first-order valence-electron chi connectivity index (χ1n) is 6.58. The van der Waals surface area contributed by atoms with Gasteiger partial charge >= 0.3 is 0 Å². The van der Waals surface area contributed by atoms with Crippen molar-refractivity contribution >= 4 is 0 Å². The molecule has 2 rings (SSSR count). The number of aromatic nitrogens is 1. The molecule has 0 bridgehead atoms. The molecule has 1 unspecified atom stereocenters. The lowest BCUT2D eigenvalue weighted by molar-refractivity contribution is 0.268. The van der Waals surface area contributed by atoms with Crippen molar-refractivity contribution in [2.75, 3.05) is 19.7 Å².